The van der Waals surface area contributed by atoms with Crippen LogP contribution >= 0.6 is 7.82 Å². The number of ether oxygens (including phenoxy) is 2. The van der Waals surface area contributed by atoms with Crippen LogP contribution in [-0.2, 0) is 32.7 Å². The minimum Gasteiger partial charge on any atom is -0.462 e. The molecule has 0 saturated carbocycles. The number of nitrogens with zero attached hydrogens (tertiary/aromatic N) is 1. The number of hydrogen-bond donors (Lipinski definition) is 1. The van der Waals surface area contributed by atoms with E-state index in [1.807, 2.05) is 21.1 Å². The number of phosphoric ester groups is 1. The molecule has 0 radical (unpaired) electrons. The van der Waals surface area contributed by atoms with Gasteiger partial charge >= 0.3 is 19.8 Å². The van der Waals surface area contributed by atoms with Crippen molar-refractivity contribution >= 4 is 19.8 Å². The Kier molecular flexibility index (Phi) is 57.8. The lowest BCUT2D eigenvalue weighted by molar-refractivity contribution is -0.870. The third-order valence-electron chi connectivity index (χ3n) is 13.8. The predicted molar refractivity (Wildman–Crippen MR) is 344 cm³/mol. The lowest BCUT2D eigenvalue weighted by Gasteiger charge is -2.24. The van der Waals surface area contributed by atoms with Crippen molar-refractivity contribution in [3.05, 3.63) is 109 Å². The molecule has 1 N–H and O–H groups in total. The van der Waals surface area contributed by atoms with Crippen LogP contribution in [0, 0.1) is 0 Å². The molecule has 0 fully saturated rings. The zero-order chi connectivity index (χ0) is 58.4. The van der Waals surface area contributed by atoms with Crippen molar-refractivity contribution in [1.82, 2.24) is 0 Å². The van der Waals surface area contributed by atoms with Crippen LogP contribution in [0.15, 0.2) is 109 Å². The molecule has 0 saturated heterocycles. The second-order valence-electron chi connectivity index (χ2n) is 22.7. The normalized spacial score (nSPS) is 13.9. The van der Waals surface area contributed by atoms with Gasteiger partial charge in [-0.25, -0.2) is 4.57 Å². The van der Waals surface area contributed by atoms with E-state index >= 15 is 0 Å². The van der Waals surface area contributed by atoms with Crippen molar-refractivity contribution in [2.45, 2.75) is 277 Å². The third kappa shape index (κ3) is 63.8. The highest BCUT2D eigenvalue weighted by atomic mass is 31.2. The summed E-state index contributed by atoms with van der Waals surface area (Å²) in [4.78, 5) is 35.8. The molecule has 460 valence electrons. The third-order valence-corrected chi connectivity index (χ3v) is 14.8. The van der Waals surface area contributed by atoms with Gasteiger partial charge in [0.15, 0.2) is 6.10 Å². The molecular formula is C70H123NO8P+. The highest BCUT2D eigenvalue weighted by Crippen LogP contribution is 2.43. The molecule has 0 rings (SSSR count). The first kappa shape index (κ1) is 76.7. The molecule has 0 aliphatic carbocycles. The van der Waals surface area contributed by atoms with Crippen molar-refractivity contribution in [3.63, 3.8) is 0 Å². The summed E-state index contributed by atoms with van der Waals surface area (Å²) in [7, 11) is 1.46. The summed E-state index contributed by atoms with van der Waals surface area (Å²) in [6.45, 7) is 4.21. The van der Waals surface area contributed by atoms with E-state index in [9.17, 15) is 19.0 Å². The minimum atomic E-state index is -4.40. The van der Waals surface area contributed by atoms with Gasteiger partial charge in [0.2, 0.25) is 0 Å². The molecule has 0 aromatic heterocycles. The van der Waals surface area contributed by atoms with Gasteiger partial charge in [-0.3, -0.25) is 18.6 Å². The van der Waals surface area contributed by atoms with E-state index in [1.54, 1.807) is 0 Å². The summed E-state index contributed by atoms with van der Waals surface area (Å²) in [5, 5.41) is 0. The number of hydrogen-bond acceptors (Lipinski definition) is 7. The maximum absolute atomic E-state index is 12.8. The summed E-state index contributed by atoms with van der Waals surface area (Å²) in [5.74, 6) is -0.807. The predicted octanol–water partition coefficient (Wildman–Crippen LogP) is 20.9. The Morgan fingerprint density at radius 2 is 0.675 bits per heavy atom. The van der Waals surface area contributed by atoms with Crippen molar-refractivity contribution in [1.29, 1.82) is 0 Å². The first-order valence-electron chi connectivity index (χ1n) is 32.6. The monoisotopic (exact) mass is 1140 g/mol. The number of allylic oxidation sites excluding steroid dienone is 18. The lowest BCUT2D eigenvalue weighted by atomic mass is 10.0. The molecule has 0 aromatic carbocycles. The highest BCUT2D eigenvalue weighted by Gasteiger charge is 2.27. The van der Waals surface area contributed by atoms with E-state index in [-0.39, 0.29) is 32.0 Å². The minimum absolute atomic E-state index is 0.0255. The smallest absolute Gasteiger partial charge is 0.462 e. The zero-order valence-corrected chi connectivity index (χ0v) is 53.2. The fourth-order valence-corrected chi connectivity index (χ4v) is 9.60. The number of carbonyl (C=O) groups excluding carboxylic acids is 2. The second kappa shape index (κ2) is 60.3. The van der Waals surface area contributed by atoms with Crippen LogP contribution < -0.4 is 0 Å². The number of unbranched alkanes of at least 4 members (excludes halogenated alkanes) is 27. The van der Waals surface area contributed by atoms with Crippen LogP contribution in [0.2, 0.25) is 0 Å². The van der Waals surface area contributed by atoms with Crippen LogP contribution in [0.4, 0.5) is 0 Å². The molecular weight excluding hydrogens is 1010 g/mol. The molecule has 0 amide bonds. The first-order valence-corrected chi connectivity index (χ1v) is 34.1. The molecule has 80 heavy (non-hydrogen) atoms. The second-order valence-corrected chi connectivity index (χ2v) is 24.2. The fourth-order valence-electron chi connectivity index (χ4n) is 8.86. The largest absolute Gasteiger partial charge is 0.472 e. The van der Waals surface area contributed by atoms with Gasteiger partial charge in [-0.2, -0.15) is 0 Å². The van der Waals surface area contributed by atoms with Gasteiger partial charge < -0.3 is 18.9 Å². The standard InChI is InChI=1S/C70H122NO8P/c1-6-8-10-12-14-16-18-20-22-24-26-28-30-31-32-33-34-35-36-37-38-39-41-42-44-46-48-50-52-54-56-58-60-62-69(72)76-66-68(67-78-80(74,75)77-65-64-71(3,4)5)79-70(73)63-61-59-57-55-53-51-49-47-45-43-40-29-27-25-23-21-19-17-15-13-11-9-7-2/h8-11,14-17,20-23,26-29,43,45,68H,6-7,12-13,18-19,24-25,30-42,44,46-67H2,1-5H3/p+1/b10-8-,11-9-,16-14-,17-15-,22-20-,23-21-,28-26-,29-27-,45-43-. The molecule has 0 heterocycles. The van der Waals surface area contributed by atoms with E-state index in [0.29, 0.717) is 17.4 Å². The van der Waals surface area contributed by atoms with Gasteiger partial charge in [-0.1, -0.05) is 271 Å². The van der Waals surface area contributed by atoms with Gasteiger partial charge in [0.1, 0.15) is 19.8 Å². The van der Waals surface area contributed by atoms with Gasteiger partial charge in [0.05, 0.1) is 27.7 Å². The Bertz CT molecular complexity index is 1720. The Morgan fingerprint density at radius 3 is 1.00 bits per heavy atom. The Balaban J connectivity index is 4.06. The number of likely N-dealkylation sites (N-methyl/N-ethyl adjacent to an activating group) is 1. The van der Waals surface area contributed by atoms with Crippen LogP contribution in [0.3, 0.4) is 0 Å². The summed E-state index contributed by atoms with van der Waals surface area (Å²) in [6, 6.07) is 0. The summed E-state index contributed by atoms with van der Waals surface area (Å²) < 4.78 is 34.7. The quantitative estimate of drug-likeness (QED) is 0.0211. The Morgan fingerprint density at radius 1 is 0.388 bits per heavy atom. The molecule has 0 bridgehead atoms. The van der Waals surface area contributed by atoms with Gasteiger partial charge in [-0.05, 0) is 96.3 Å². The molecule has 2 unspecified atom stereocenters. The number of rotatable bonds is 59. The van der Waals surface area contributed by atoms with E-state index < -0.39 is 26.5 Å². The average Bonchev–Trinajstić information content (AvgIpc) is 3.42. The first-order chi connectivity index (χ1) is 39.0. The molecule has 9 nitrogen and oxygen atoms in total. The molecule has 0 aromatic rings. The number of carbonyl (C=O) groups is 2. The molecule has 2 atom stereocenters. The fraction of sp³-hybridized carbons (Fsp3) is 0.714. The van der Waals surface area contributed by atoms with Crippen molar-refractivity contribution < 1.29 is 42.1 Å². The van der Waals surface area contributed by atoms with Crippen molar-refractivity contribution in [2.75, 3.05) is 47.5 Å². The molecule has 0 aliphatic heterocycles. The van der Waals surface area contributed by atoms with Crippen LogP contribution in [0.5, 0.6) is 0 Å². The summed E-state index contributed by atoms with van der Waals surface area (Å²) in [6.07, 6.45) is 84.6. The molecule has 0 spiro atoms. The van der Waals surface area contributed by atoms with E-state index in [4.69, 9.17) is 18.5 Å². The average molecular weight is 1140 g/mol. The highest BCUT2D eigenvalue weighted by molar-refractivity contribution is 7.47. The number of quaternary nitrogens is 1. The Labute approximate surface area is 493 Å². The van der Waals surface area contributed by atoms with E-state index in [2.05, 4.69) is 123 Å². The number of phosphoric acid groups is 1. The zero-order valence-electron chi connectivity index (χ0n) is 52.3. The van der Waals surface area contributed by atoms with E-state index in [1.165, 1.54) is 135 Å². The Hall–Kier alpha value is -3.33. The van der Waals surface area contributed by atoms with Crippen molar-refractivity contribution in [3.8, 4) is 0 Å². The maximum Gasteiger partial charge on any atom is 0.472 e. The van der Waals surface area contributed by atoms with E-state index in [0.717, 1.165) is 103 Å². The topological polar surface area (TPSA) is 108 Å². The van der Waals surface area contributed by atoms with Crippen LogP contribution in [-0.4, -0.2) is 74.9 Å². The van der Waals surface area contributed by atoms with Gasteiger partial charge in [-0.15, -0.1) is 0 Å². The molecule has 10 heteroatoms. The van der Waals surface area contributed by atoms with Gasteiger partial charge in [0, 0.05) is 12.8 Å². The SMILES string of the molecule is CC/C=C\C/C=C\C/C=C\C/C=C\C/C=C\CCCCCCCCCC(=O)OC(COC(=O)CCCCCCCCCCCCCCCCCCCCCC/C=C\C/C=C\C/C=C\C/C=C\CC)COP(=O)(O)OCC[N+](C)(C)C. The number of esters is 2. The van der Waals surface area contributed by atoms with Crippen LogP contribution in [0.1, 0.15) is 271 Å². The summed E-state index contributed by atoms with van der Waals surface area (Å²) >= 11 is 0. The lowest BCUT2D eigenvalue weighted by Crippen LogP contribution is -2.37. The van der Waals surface area contributed by atoms with Crippen molar-refractivity contribution in [2.24, 2.45) is 0 Å². The maximum atomic E-state index is 12.8. The van der Waals surface area contributed by atoms with Crippen LogP contribution in [0.25, 0.3) is 0 Å². The summed E-state index contributed by atoms with van der Waals surface area (Å²) in [5.41, 5.74) is 0. The van der Waals surface area contributed by atoms with Gasteiger partial charge in [0.25, 0.3) is 0 Å². The molecule has 0 aliphatic rings.